The van der Waals surface area contributed by atoms with Crippen LogP contribution in [0.4, 0.5) is 0 Å². The number of hydrogen-bond donors (Lipinski definition) is 1. The van der Waals surface area contributed by atoms with E-state index in [0.29, 0.717) is 79.6 Å². The Morgan fingerprint density at radius 3 is 1.98 bits per heavy atom. The lowest BCUT2D eigenvalue weighted by molar-refractivity contribution is -0.158. The smallest absolute Gasteiger partial charge is 0.329 e. The monoisotopic (exact) mass is 724 g/mol. The fourth-order valence-corrected chi connectivity index (χ4v) is 4.34. The number of amides is 1. The van der Waals surface area contributed by atoms with Gasteiger partial charge in [-0.2, -0.15) is 5.10 Å². The zero-order valence-corrected chi connectivity index (χ0v) is 30.3. The molecular formula is C34H46Cl2N4O9. The molecule has 13 nitrogen and oxygen atoms in total. The van der Waals surface area contributed by atoms with E-state index < -0.39 is 17.6 Å². The number of carbonyl (C=O) groups is 2. The van der Waals surface area contributed by atoms with Gasteiger partial charge < -0.3 is 33.7 Å². The van der Waals surface area contributed by atoms with E-state index in [2.05, 4.69) is 15.4 Å². The molecule has 0 saturated carbocycles. The topological polar surface area (TPSA) is 149 Å². The predicted octanol–water partition coefficient (Wildman–Crippen LogP) is 4.22. The highest BCUT2D eigenvalue weighted by Crippen LogP contribution is 2.26. The van der Waals surface area contributed by atoms with Crippen molar-refractivity contribution in [3.63, 3.8) is 0 Å². The van der Waals surface area contributed by atoms with E-state index >= 15 is 0 Å². The number of pyridine rings is 1. The zero-order valence-electron chi connectivity index (χ0n) is 28.8. The molecule has 270 valence electrons. The summed E-state index contributed by atoms with van der Waals surface area (Å²) < 4.78 is 33.7. The summed E-state index contributed by atoms with van der Waals surface area (Å²) in [6, 6.07) is 6.26. The molecule has 1 atom stereocenters. The minimum absolute atomic E-state index is 0.217. The first-order valence-electron chi connectivity index (χ1n) is 15.6. The van der Waals surface area contributed by atoms with E-state index in [1.807, 2.05) is 6.92 Å². The Bertz CT molecular complexity index is 1480. The van der Waals surface area contributed by atoms with Gasteiger partial charge in [-0.25, -0.2) is 9.48 Å². The number of aromatic nitrogens is 3. The summed E-state index contributed by atoms with van der Waals surface area (Å²) in [6.07, 6.45) is 5.34. The largest absolute Gasteiger partial charge is 0.489 e. The van der Waals surface area contributed by atoms with Gasteiger partial charge in [0.25, 0.3) is 5.56 Å². The zero-order chi connectivity index (χ0) is 36.2. The number of hydrogen-bond acceptors (Lipinski definition) is 11. The molecule has 0 bridgehead atoms. The molecule has 49 heavy (non-hydrogen) atoms. The van der Waals surface area contributed by atoms with Crippen molar-refractivity contribution < 1.29 is 38.0 Å². The number of nitrogens with zero attached hydrogens (tertiary/aromatic N) is 3. The Kier molecular flexibility index (Phi) is 18.8. The van der Waals surface area contributed by atoms with E-state index in [1.54, 1.807) is 71.6 Å². The summed E-state index contributed by atoms with van der Waals surface area (Å²) in [5, 5.41) is 7.82. The van der Waals surface area contributed by atoms with E-state index in [0.717, 1.165) is 11.1 Å². The van der Waals surface area contributed by atoms with E-state index in [4.69, 9.17) is 51.6 Å². The van der Waals surface area contributed by atoms with Crippen LogP contribution in [0.15, 0.2) is 47.7 Å². The molecule has 1 amide bonds. The lowest BCUT2D eigenvalue weighted by Crippen LogP contribution is -2.42. The fourth-order valence-electron chi connectivity index (χ4n) is 3.98. The number of aryl methyl sites for hydroxylation is 1. The second kappa shape index (κ2) is 22.2. The van der Waals surface area contributed by atoms with Gasteiger partial charge in [0.2, 0.25) is 6.41 Å². The van der Waals surface area contributed by atoms with Crippen molar-refractivity contribution in [2.45, 2.75) is 45.8 Å². The van der Waals surface area contributed by atoms with Crippen LogP contribution in [0.1, 0.15) is 31.9 Å². The molecule has 0 aliphatic carbocycles. The average Bonchev–Trinajstić information content (AvgIpc) is 3.05. The fraction of sp³-hybridized carbons (Fsp3) is 0.500. The SMILES string of the molecule is COCCOCCOCCOCCOc1cnn(C)c(=O)c1-c1ccc(CC(NC=O)C(=O)OC(C)(C)C)cc1.Cc1c(Cl)cncc1Cl. The van der Waals surface area contributed by atoms with E-state index in [9.17, 15) is 14.4 Å². The maximum Gasteiger partial charge on any atom is 0.329 e. The number of halogens is 2. The third kappa shape index (κ3) is 15.7. The van der Waals surface area contributed by atoms with Gasteiger partial charge in [0, 0.05) is 33.0 Å². The number of carbonyl (C=O) groups excluding carboxylic acids is 2. The van der Waals surface area contributed by atoms with Gasteiger partial charge in [-0.3, -0.25) is 14.6 Å². The van der Waals surface area contributed by atoms with E-state index in [-0.39, 0.29) is 18.6 Å². The van der Waals surface area contributed by atoms with Gasteiger partial charge >= 0.3 is 5.97 Å². The molecule has 0 aliphatic heterocycles. The van der Waals surface area contributed by atoms with Crippen LogP contribution in [-0.4, -0.2) is 98.8 Å². The minimum Gasteiger partial charge on any atom is -0.489 e. The number of methoxy groups -OCH3 is 1. The highest BCUT2D eigenvalue weighted by Gasteiger charge is 2.25. The highest BCUT2D eigenvalue weighted by molar-refractivity contribution is 6.35. The van der Waals surface area contributed by atoms with Crippen LogP contribution in [-0.2, 0) is 46.7 Å². The Balaban J connectivity index is 0.000000797. The number of esters is 1. The first kappa shape index (κ1) is 41.6. The summed E-state index contributed by atoms with van der Waals surface area (Å²) in [5.74, 6) is -0.193. The Morgan fingerprint density at radius 2 is 1.47 bits per heavy atom. The Hall–Kier alpha value is -3.59. The number of ether oxygens (including phenoxy) is 6. The Labute approximate surface area is 297 Å². The normalized spacial score (nSPS) is 11.7. The molecule has 1 unspecified atom stereocenters. The number of benzene rings is 1. The summed E-state index contributed by atoms with van der Waals surface area (Å²) in [4.78, 5) is 40.2. The van der Waals surface area contributed by atoms with Crippen molar-refractivity contribution in [3.05, 3.63) is 74.4 Å². The molecule has 3 aromatic rings. The van der Waals surface area contributed by atoms with Crippen LogP contribution >= 0.6 is 23.2 Å². The first-order chi connectivity index (χ1) is 23.4. The maximum absolute atomic E-state index is 12.9. The van der Waals surface area contributed by atoms with Crippen molar-refractivity contribution >= 4 is 35.6 Å². The van der Waals surface area contributed by atoms with Crippen LogP contribution in [0.25, 0.3) is 11.1 Å². The van der Waals surface area contributed by atoms with Crippen molar-refractivity contribution in [1.82, 2.24) is 20.1 Å². The van der Waals surface area contributed by atoms with E-state index in [1.165, 1.54) is 10.9 Å². The molecule has 0 saturated heterocycles. The molecular weight excluding hydrogens is 679 g/mol. The van der Waals surface area contributed by atoms with Gasteiger partial charge in [-0.05, 0) is 44.4 Å². The molecule has 1 aromatic carbocycles. The van der Waals surface area contributed by atoms with Crippen molar-refractivity contribution in [2.24, 2.45) is 7.05 Å². The Morgan fingerprint density at radius 1 is 0.918 bits per heavy atom. The lowest BCUT2D eigenvalue weighted by Gasteiger charge is -2.23. The van der Waals surface area contributed by atoms with Gasteiger partial charge in [0.1, 0.15) is 18.2 Å². The number of rotatable bonds is 19. The standard InChI is InChI=1S/C28H41N3O9.C6H5Cl2N/c1-28(2,3)40-27(34)23(29-20-32)18-21-6-8-22(9-7-21)25-24(19-30-31(4)26(25)33)39-17-16-38-15-14-37-13-12-36-11-10-35-5;1-4-5(7)2-9-3-6(4)8/h6-9,19-20,23H,10-18H2,1-5H3,(H,29,32);2-3H,1H3. The van der Waals surface area contributed by atoms with Gasteiger partial charge in [-0.15, -0.1) is 0 Å². The quantitative estimate of drug-likeness (QED) is 0.108. The van der Waals surface area contributed by atoms with Crippen molar-refractivity contribution in [1.29, 1.82) is 0 Å². The highest BCUT2D eigenvalue weighted by atomic mass is 35.5. The third-order valence-electron chi connectivity index (χ3n) is 6.50. The molecule has 1 N–H and O–H groups in total. The predicted molar refractivity (Wildman–Crippen MR) is 186 cm³/mol. The summed E-state index contributed by atoms with van der Waals surface area (Å²) in [5.41, 5.74) is 1.64. The molecule has 0 aliphatic rings. The van der Waals surface area contributed by atoms with Crippen LogP contribution in [0.5, 0.6) is 5.75 Å². The summed E-state index contributed by atoms with van der Waals surface area (Å²) >= 11 is 11.3. The molecule has 0 spiro atoms. The third-order valence-corrected chi connectivity index (χ3v) is 7.26. The molecule has 0 radical (unpaired) electrons. The summed E-state index contributed by atoms with van der Waals surface area (Å²) in [7, 11) is 3.18. The van der Waals surface area contributed by atoms with Crippen LogP contribution in [0.2, 0.25) is 10.0 Å². The molecule has 3 rings (SSSR count). The average molecular weight is 726 g/mol. The summed E-state index contributed by atoms with van der Waals surface area (Å²) in [6.45, 7) is 10.5. The second-order valence-corrected chi connectivity index (χ2v) is 12.3. The van der Waals surface area contributed by atoms with Crippen molar-refractivity contribution in [3.8, 4) is 16.9 Å². The van der Waals surface area contributed by atoms with Gasteiger partial charge in [0.05, 0.1) is 68.1 Å². The van der Waals surface area contributed by atoms with Gasteiger partial charge in [0.15, 0.2) is 5.75 Å². The molecule has 15 heteroatoms. The van der Waals surface area contributed by atoms with Crippen LogP contribution < -0.4 is 15.6 Å². The van der Waals surface area contributed by atoms with Gasteiger partial charge in [-0.1, -0.05) is 47.5 Å². The minimum atomic E-state index is -0.838. The van der Waals surface area contributed by atoms with Crippen LogP contribution in [0.3, 0.4) is 0 Å². The number of nitrogens with one attached hydrogen (secondary N) is 1. The molecule has 2 aromatic heterocycles. The second-order valence-electron chi connectivity index (χ2n) is 11.5. The van der Waals surface area contributed by atoms with Crippen molar-refractivity contribution in [2.75, 3.05) is 60.0 Å². The maximum atomic E-state index is 12.9. The molecule has 2 heterocycles. The first-order valence-corrected chi connectivity index (χ1v) is 16.3. The lowest BCUT2D eigenvalue weighted by atomic mass is 10.0. The van der Waals surface area contributed by atoms with Crippen LogP contribution in [0, 0.1) is 6.92 Å². The molecule has 0 fully saturated rings.